The Morgan fingerprint density at radius 3 is 2.77 bits per heavy atom. The molecule has 0 spiro atoms. The van der Waals surface area contributed by atoms with Crippen LogP contribution in [0.4, 0.5) is 31.9 Å². The number of anilines is 3. The van der Waals surface area contributed by atoms with Gasteiger partial charge in [-0.2, -0.15) is 0 Å². The van der Waals surface area contributed by atoms with E-state index in [1.54, 1.807) is 24.3 Å². The van der Waals surface area contributed by atoms with Crippen molar-refractivity contribution in [3.63, 3.8) is 0 Å². The number of nitro benzene ring substituents is 1. The van der Waals surface area contributed by atoms with E-state index >= 15 is 0 Å². The molecule has 2 aromatic carbocycles. The highest BCUT2D eigenvalue weighted by molar-refractivity contribution is 6.09. The SMILES string of the molecule is Nc1c(C(=O)Nc2cccc(N3CCNC3=O)c2)cc(F)cc1[N+](=O)[O-]. The molecule has 4 N–H and O–H groups in total. The molecule has 3 amide bonds. The first-order chi connectivity index (χ1) is 12.4. The number of carbonyl (C=O) groups excluding carboxylic acids is 2. The van der Waals surface area contributed by atoms with Crippen LogP contribution in [0, 0.1) is 15.9 Å². The maximum Gasteiger partial charge on any atom is 0.321 e. The van der Waals surface area contributed by atoms with Gasteiger partial charge in [-0.1, -0.05) is 6.07 Å². The molecule has 1 saturated heterocycles. The van der Waals surface area contributed by atoms with Crippen molar-refractivity contribution in [1.29, 1.82) is 0 Å². The first kappa shape index (κ1) is 17.1. The molecule has 9 nitrogen and oxygen atoms in total. The fourth-order valence-electron chi connectivity index (χ4n) is 2.61. The van der Waals surface area contributed by atoms with Gasteiger partial charge in [-0.25, -0.2) is 9.18 Å². The summed E-state index contributed by atoms with van der Waals surface area (Å²) < 4.78 is 13.6. The molecule has 0 aromatic heterocycles. The monoisotopic (exact) mass is 359 g/mol. The molecule has 26 heavy (non-hydrogen) atoms. The van der Waals surface area contributed by atoms with Gasteiger partial charge in [0.05, 0.1) is 16.6 Å². The first-order valence-electron chi connectivity index (χ1n) is 7.57. The van der Waals surface area contributed by atoms with Crippen LogP contribution in [-0.4, -0.2) is 30.0 Å². The minimum atomic E-state index is -0.946. The predicted molar refractivity (Wildman–Crippen MR) is 92.6 cm³/mol. The Kier molecular flexibility index (Phi) is 4.40. The van der Waals surface area contributed by atoms with Crippen molar-refractivity contribution in [2.24, 2.45) is 0 Å². The van der Waals surface area contributed by atoms with Gasteiger partial charge in [0, 0.05) is 24.5 Å². The summed E-state index contributed by atoms with van der Waals surface area (Å²) in [6.45, 7) is 0.998. The van der Waals surface area contributed by atoms with Gasteiger partial charge >= 0.3 is 6.03 Å². The van der Waals surface area contributed by atoms with Crippen molar-refractivity contribution in [2.45, 2.75) is 0 Å². The molecule has 134 valence electrons. The Morgan fingerprint density at radius 2 is 2.12 bits per heavy atom. The van der Waals surface area contributed by atoms with E-state index in [1.165, 1.54) is 4.90 Å². The number of halogens is 1. The molecule has 0 unspecified atom stereocenters. The fourth-order valence-corrected chi connectivity index (χ4v) is 2.61. The van der Waals surface area contributed by atoms with Crippen LogP contribution in [-0.2, 0) is 0 Å². The highest BCUT2D eigenvalue weighted by Gasteiger charge is 2.23. The zero-order valence-electron chi connectivity index (χ0n) is 13.4. The van der Waals surface area contributed by atoms with Gasteiger partial charge in [-0.05, 0) is 24.3 Å². The van der Waals surface area contributed by atoms with Crippen molar-refractivity contribution in [1.82, 2.24) is 5.32 Å². The van der Waals surface area contributed by atoms with Crippen molar-refractivity contribution in [3.8, 4) is 0 Å². The quantitative estimate of drug-likeness (QED) is 0.437. The highest BCUT2D eigenvalue weighted by atomic mass is 19.1. The Balaban J connectivity index is 1.87. The molecule has 0 aliphatic carbocycles. The van der Waals surface area contributed by atoms with Gasteiger partial charge in [0.15, 0.2) is 0 Å². The van der Waals surface area contributed by atoms with E-state index in [1.807, 2.05) is 0 Å². The predicted octanol–water partition coefficient (Wildman–Crippen LogP) is 2.10. The lowest BCUT2D eigenvalue weighted by molar-refractivity contribution is -0.384. The molecule has 1 heterocycles. The van der Waals surface area contributed by atoms with Gasteiger partial charge in [0.1, 0.15) is 11.5 Å². The van der Waals surface area contributed by atoms with Crippen LogP contribution in [0.15, 0.2) is 36.4 Å². The largest absolute Gasteiger partial charge is 0.393 e. The molecule has 1 fully saturated rings. The summed E-state index contributed by atoms with van der Waals surface area (Å²) in [4.78, 5) is 35.7. The van der Waals surface area contributed by atoms with Crippen LogP contribution in [0.5, 0.6) is 0 Å². The molecule has 0 radical (unpaired) electrons. The molecule has 0 saturated carbocycles. The molecule has 1 aliphatic heterocycles. The zero-order valence-corrected chi connectivity index (χ0v) is 13.4. The number of nitrogens with two attached hydrogens (primary N) is 1. The maximum absolute atomic E-state index is 13.6. The third kappa shape index (κ3) is 3.24. The van der Waals surface area contributed by atoms with Gasteiger partial charge in [0.2, 0.25) is 0 Å². The van der Waals surface area contributed by atoms with Crippen LogP contribution < -0.4 is 21.3 Å². The Labute approximate surface area is 146 Å². The highest BCUT2D eigenvalue weighted by Crippen LogP contribution is 2.28. The van der Waals surface area contributed by atoms with Crippen LogP contribution >= 0.6 is 0 Å². The number of carbonyl (C=O) groups is 2. The number of nitrogens with one attached hydrogen (secondary N) is 2. The fraction of sp³-hybridized carbons (Fsp3) is 0.125. The molecular weight excluding hydrogens is 345 g/mol. The number of nitrogen functional groups attached to an aromatic ring is 1. The van der Waals surface area contributed by atoms with Gasteiger partial charge in [-0.3, -0.25) is 19.8 Å². The van der Waals surface area contributed by atoms with Crippen molar-refractivity contribution >= 4 is 34.7 Å². The second-order valence-corrected chi connectivity index (χ2v) is 5.53. The number of nitro groups is 1. The summed E-state index contributed by atoms with van der Waals surface area (Å²) in [5, 5.41) is 16.1. The lowest BCUT2D eigenvalue weighted by Gasteiger charge is -2.15. The van der Waals surface area contributed by atoms with Crippen LogP contribution in [0.1, 0.15) is 10.4 Å². The summed E-state index contributed by atoms with van der Waals surface area (Å²) in [5.74, 6) is -1.74. The van der Waals surface area contributed by atoms with E-state index in [2.05, 4.69) is 10.6 Å². The number of rotatable bonds is 4. The lowest BCUT2D eigenvalue weighted by atomic mass is 10.1. The summed E-state index contributed by atoms with van der Waals surface area (Å²) >= 11 is 0. The number of benzene rings is 2. The average molecular weight is 359 g/mol. The maximum atomic E-state index is 13.6. The van der Waals surface area contributed by atoms with Crippen molar-refractivity contribution < 1.29 is 18.9 Å². The van der Waals surface area contributed by atoms with E-state index in [0.717, 1.165) is 6.07 Å². The number of hydrogen-bond donors (Lipinski definition) is 3. The second kappa shape index (κ2) is 6.67. The van der Waals surface area contributed by atoms with Crippen LogP contribution in [0.25, 0.3) is 0 Å². The summed E-state index contributed by atoms with van der Waals surface area (Å²) in [6.07, 6.45) is 0. The standard InChI is InChI=1S/C16H14FN5O4/c17-9-6-12(14(18)13(7-9)22(25)26)15(23)20-10-2-1-3-11(8-10)21-5-4-19-16(21)24/h1-3,6-8H,4-5,18H2,(H,19,24)(H,20,23). The number of nitrogens with zero attached hydrogens (tertiary/aromatic N) is 2. The number of amides is 3. The molecule has 0 bridgehead atoms. The Morgan fingerprint density at radius 1 is 1.35 bits per heavy atom. The van der Waals surface area contributed by atoms with Gasteiger partial charge < -0.3 is 16.4 Å². The summed E-state index contributed by atoms with van der Waals surface area (Å²) in [5.41, 5.74) is 5.07. The van der Waals surface area contributed by atoms with E-state index in [-0.39, 0.29) is 11.6 Å². The minimum absolute atomic E-state index is 0.251. The van der Waals surface area contributed by atoms with Crippen molar-refractivity contribution in [3.05, 3.63) is 57.9 Å². The third-order valence-corrected chi connectivity index (χ3v) is 3.84. The lowest BCUT2D eigenvalue weighted by Crippen LogP contribution is -2.27. The van der Waals surface area contributed by atoms with Gasteiger partial charge in [-0.15, -0.1) is 0 Å². The average Bonchev–Trinajstić information content (AvgIpc) is 3.02. The number of hydrogen-bond acceptors (Lipinski definition) is 5. The van der Waals surface area contributed by atoms with E-state index in [9.17, 15) is 24.1 Å². The normalized spacial score (nSPS) is 13.4. The van der Waals surface area contributed by atoms with Gasteiger partial charge in [0.25, 0.3) is 11.6 Å². The topological polar surface area (TPSA) is 131 Å². The van der Waals surface area contributed by atoms with Crippen LogP contribution in [0.2, 0.25) is 0 Å². The van der Waals surface area contributed by atoms with E-state index < -0.39 is 28.0 Å². The Hall–Kier alpha value is -3.69. The summed E-state index contributed by atoms with van der Waals surface area (Å²) in [6, 6.07) is 7.69. The number of urea groups is 1. The molecule has 3 rings (SSSR count). The Bertz CT molecular complexity index is 918. The van der Waals surface area contributed by atoms with Crippen LogP contribution in [0.3, 0.4) is 0 Å². The second-order valence-electron chi connectivity index (χ2n) is 5.53. The molecule has 2 aromatic rings. The molecular formula is C16H14FN5O4. The molecule has 10 heteroatoms. The van der Waals surface area contributed by atoms with E-state index in [4.69, 9.17) is 5.73 Å². The smallest absolute Gasteiger partial charge is 0.321 e. The van der Waals surface area contributed by atoms with E-state index in [0.29, 0.717) is 30.5 Å². The minimum Gasteiger partial charge on any atom is -0.393 e. The summed E-state index contributed by atoms with van der Waals surface area (Å²) in [7, 11) is 0. The molecule has 0 atom stereocenters. The third-order valence-electron chi connectivity index (χ3n) is 3.84. The molecule has 1 aliphatic rings. The van der Waals surface area contributed by atoms with Crippen molar-refractivity contribution in [2.75, 3.05) is 29.0 Å². The first-order valence-corrected chi connectivity index (χ1v) is 7.57. The zero-order chi connectivity index (χ0) is 18.8.